The summed E-state index contributed by atoms with van der Waals surface area (Å²) in [5, 5.41) is 0. The normalized spacial score (nSPS) is 13.5. The highest BCUT2D eigenvalue weighted by Gasteiger charge is 2.40. The summed E-state index contributed by atoms with van der Waals surface area (Å²) < 4.78 is 0. The van der Waals surface area contributed by atoms with Crippen LogP contribution in [-0.4, -0.2) is 0 Å². The maximum atomic E-state index is 2.44. The van der Waals surface area contributed by atoms with Crippen molar-refractivity contribution < 1.29 is 0 Å². The molecule has 5 rings (SSSR count). The smallest absolute Gasteiger partial charge is 0.0667 e. The summed E-state index contributed by atoms with van der Waals surface area (Å²) >= 11 is 0. The number of benzene rings is 4. The fourth-order valence-corrected chi connectivity index (χ4v) is 4.92. The monoisotopic (exact) mass is 398 g/mol. The standard InChI is InChI=1S/C31H26/c1-5-13-25(14-6-1)23-26-21-22-30(24-26)31(27-15-7-2-8-16-27,28-17-9-3-10-18-28)29-19-11-4-12-20-29/h1-21,24H,22-23H2. The van der Waals surface area contributed by atoms with Gasteiger partial charge in [-0.15, -0.1) is 0 Å². The summed E-state index contributed by atoms with van der Waals surface area (Å²) in [5.41, 5.74) is 7.82. The van der Waals surface area contributed by atoms with Gasteiger partial charge in [-0.25, -0.2) is 0 Å². The third kappa shape index (κ3) is 3.66. The Morgan fingerprint density at radius 2 is 0.935 bits per heavy atom. The lowest BCUT2D eigenvalue weighted by Gasteiger charge is -2.37. The first-order valence-corrected chi connectivity index (χ1v) is 11.0. The molecule has 0 aliphatic heterocycles. The molecule has 0 N–H and O–H groups in total. The average molecular weight is 399 g/mol. The van der Waals surface area contributed by atoms with Crippen molar-refractivity contribution in [3.8, 4) is 0 Å². The van der Waals surface area contributed by atoms with Gasteiger partial charge in [0.05, 0.1) is 5.41 Å². The highest BCUT2D eigenvalue weighted by molar-refractivity contribution is 5.61. The van der Waals surface area contributed by atoms with Crippen molar-refractivity contribution in [2.24, 2.45) is 0 Å². The van der Waals surface area contributed by atoms with E-state index >= 15 is 0 Å². The quantitative estimate of drug-likeness (QED) is 0.295. The van der Waals surface area contributed by atoms with Gasteiger partial charge in [-0.1, -0.05) is 133 Å². The molecule has 1 aliphatic carbocycles. The number of rotatable bonds is 6. The van der Waals surface area contributed by atoms with Crippen LogP contribution in [0.3, 0.4) is 0 Å². The van der Waals surface area contributed by atoms with Crippen molar-refractivity contribution in [3.05, 3.63) is 167 Å². The molecule has 0 amide bonds. The van der Waals surface area contributed by atoms with Gasteiger partial charge < -0.3 is 0 Å². The molecule has 0 saturated carbocycles. The molecule has 31 heavy (non-hydrogen) atoms. The van der Waals surface area contributed by atoms with Crippen LogP contribution in [0.15, 0.2) is 145 Å². The Morgan fingerprint density at radius 3 is 1.39 bits per heavy atom. The van der Waals surface area contributed by atoms with E-state index in [0.29, 0.717) is 0 Å². The molecule has 0 unspecified atom stereocenters. The molecule has 0 spiro atoms. The SMILES string of the molecule is C1=C(Cc2ccccc2)C=C(C(c2ccccc2)(c2ccccc2)c2ccccc2)C1. The summed E-state index contributed by atoms with van der Waals surface area (Å²) in [6, 6.07) is 43.6. The molecular weight excluding hydrogens is 372 g/mol. The van der Waals surface area contributed by atoms with Gasteiger partial charge in [0.15, 0.2) is 0 Å². The maximum Gasteiger partial charge on any atom is 0.0667 e. The molecule has 0 radical (unpaired) electrons. The van der Waals surface area contributed by atoms with E-state index in [1.807, 2.05) is 0 Å². The predicted molar refractivity (Wildman–Crippen MR) is 130 cm³/mol. The summed E-state index contributed by atoms with van der Waals surface area (Å²) in [4.78, 5) is 0. The highest BCUT2D eigenvalue weighted by Crippen LogP contribution is 2.48. The lowest BCUT2D eigenvalue weighted by molar-refractivity contribution is 0.711. The van der Waals surface area contributed by atoms with Crippen LogP contribution in [0.1, 0.15) is 28.7 Å². The van der Waals surface area contributed by atoms with Crippen LogP contribution in [0.2, 0.25) is 0 Å². The second-order valence-electron chi connectivity index (χ2n) is 8.16. The van der Waals surface area contributed by atoms with E-state index in [9.17, 15) is 0 Å². The lowest BCUT2D eigenvalue weighted by atomic mass is 9.64. The van der Waals surface area contributed by atoms with Gasteiger partial charge >= 0.3 is 0 Å². The average Bonchev–Trinajstić information content (AvgIpc) is 3.31. The van der Waals surface area contributed by atoms with Gasteiger partial charge in [0.1, 0.15) is 0 Å². The molecule has 4 aromatic rings. The van der Waals surface area contributed by atoms with Crippen molar-refractivity contribution in [1.82, 2.24) is 0 Å². The first kappa shape index (κ1) is 19.3. The van der Waals surface area contributed by atoms with Crippen LogP contribution in [0.25, 0.3) is 0 Å². The topological polar surface area (TPSA) is 0 Å². The summed E-state index contributed by atoms with van der Waals surface area (Å²) in [7, 11) is 0. The summed E-state index contributed by atoms with van der Waals surface area (Å²) in [6.45, 7) is 0. The molecule has 0 heteroatoms. The van der Waals surface area contributed by atoms with Gasteiger partial charge in [0, 0.05) is 0 Å². The first-order valence-electron chi connectivity index (χ1n) is 11.0. The zero-order valence-electron chi connectivity index (χ0n) is 17.6. The van der Waals surface area contributed by atoms with Crippen molar-refractivity contribution in [2.75, 3.05) is 0 Å². The third-order valence-corrected chi connectivity index (χ3v) is 6.30. The van der Waals surface area contributed by atoms with Gasteiger partial charge in [-0.2, -0.15) is 0 Å². The Morgan fingerprint density at radius 1 is 0.516 bits per heavy atom. The van der Waals surface area contributed by atoms with E-state index in [0.717, 1.165) is 12.8 Å². The lowest BCUT2D eigenvalue weighted by Crippen LogP contribution is -2.31. The number of hydrogen-bond acceptors (Lipinski definition) is 0. The zero-order valence-corrected chi connectivity index (χ0v) is 17.6. The third-order valence-electron chi connectivity index (χ3n) is 6.30. The predicted octanol–water partition coefficient (Wildman–Crippen LogP) is 7.52. The molecular formula is C31H26. The second-order valence-corrected chi connectivity index (χ2v) is 8.16. The molecule has 0 aromatic heterocycles. The van der Waals surface area contributed by atoms with Crippen LogP contribution in [0.4, 0.5) is 0 Å². The van der Waals surface area contributed by atoms with Crippen molar-refractivity contribution >= 4 is 0 Å². The molecule has 0 fully saturated rings. The van der Waals surface area contributed by atoms with Crippen molar-refractivity contribution in [3.63, 3.8) is 0 Å². The first-order chi connectivity index (χ1) is 15.4. The molecule has 0 heterocycles. The molecule has 0 nitrogen and oxygen atoms in total. The Hall–Kier alpha value is -3.64. The second kappa shape index (κ2) is 8.62. The van der Waals surface area contributed by atoms with Gasteiger partial charge in [-0.3, -0.25) is 0 Å². The fraction of sp³-hybridized carbons (Fsp3) is 0.0968. The Balaban J connectivity index is 1.69. The van der Waals surface area contributed by atoms with E-state index in [1.54, 1.807) is 0 Å². The highest BCUT2D eigenvalue weighted by atomic mass is 14.4. The van der Waals surface area contributed by atoms with Crippen LogP contribution < -0.4 is 0 Å². The Bertz CT molecular complexity index is 1090. The van der Waals surface area contributed by atoms with Gasteiger partial charge in [0.2, 0.25) is 0 Å². The molecule has 4 aromatic carbocycles. The van der Waals surface area contributed by atoms with Crippen LogP contribution in [0.5, 0.6) is 0 Å². The molecule has 0 bridgehead atoms. The zero-order chi connectivity index (χ0) is 20.9. The van der Waals surface area contributed by atoms with Crippen LogP contribution in [-0.2, 0) is 11.8 Å². The minimum atomic E-state index is -0.307. The van der Waals surface area contributed by atoms with E-state index in [1.165, 1.54) is 33.4 Å². The minimum absolute atomic E-state index is 0.307. The molecule has 0 atom stereocenters. The number of allylic oxidation sites excluding steroid dienone is 4. The minimum Gasteiger partial charge on any atom is -0.0768 e. The van der Waals surface area contributed by atoms with Gasteiger partial charge in [-0.05, 0) is 46.2 Å². The Kier molecular flexibility index (Phi) is 5.37. The van der Waals surface area contributed by atoms with Crippen molar-refractivity contribution in [2.45, 2.75) is 18.3 Å². The van der Waals surface area contributed by atoms with E-state index < -0.39 is 0 Å². The van der Waals surface area contributed by atoms with E-state index in [-0.39, 0.29) is 5.41 Å². The molecule has 0 saturated heterocycles. The Labute approximate surface area is 185 Å². The summed E-state index contributed by atoms with van der Waals surface area (Å²) in [5.74, 6) is 0. The van der Waals surface area contributed by atoms with E-state index in [4.69, 9.17) is 0 Å². The largest absolute Gasteiger partial charge is 0.0768 e. The molecule has 1 aliphatic rings. The summed E-state index contributed by atoms with van der Waals surface area (Å²) in [6.07, 6.45) is 6.78. The van der Waals surface area contributed by atoms with Gasteiger partial charge in [0.25, 0.3) is 0 Å². The van der Waals surface area contributed by atoms with Crippen LogP contribution >= 0.6 is 0 Å². The fourth-order valence-electron chi connectivity index (χ4n) is 4.92. The van der Waals surface area contributed by atoms with E-state index in [2.05, 4.69) is 133 Å². The van der Waals surface area contributed by atoms with Crippen molar-refractivity contribution in [1.29, 1.82) is 0 Å². The molecule has 150 valence electrons. The number of hydrogen-bond donors (Lipinski definition) is 0. The maximum absolute atomic E-state index is 2.44. The van der Waals surface area contributed by atoms with Crippen LogP contribution in [0, 0.1) is 0 Å².